The third-order valence-electron chi connectivity index (χ3n) is 4.09. The average molecular weight is 282 g/mol. The molecule has 3 rings (SSSR count). The van der Waals surface area contributed by atoms with E-state index in [1.807, 2.05) is 12.1 Å². The van der Waals surface area contributed by atoms with Crippen molar-refractivity contribution in [2.45, 2.75) is 19.4 Å². The van der Waals surface area contributed by atoms with E-state index in [0.29, 0.717) is 0 Å². The van der Waals surface area contributed by atoms with Gasteiger partial charge in [-0.1, -0.05) is 12.1 Å². The Morgan fingerprint density at radius 3 is 2.71 bits per heavy atom. The molecule has 3 heteroatoms. The van der Waals surface area contributed by atoms with Gasteiger partial charge in [-0.3, -0.25) is 0 Å². The van der Waals surface area contributed by atoms with E-state index in [2.05, 4.69) is 47.6 Å². The van der Waals surface area contributed by atoms with Crippen LogP contribution in [0.2, 0.25) is 0 Å². The minimum Gasteiger partial charge on any atom is -0.497 e. The summed E-state index contributed by atoms with van der Waals surface area (Å²) < 4.78 is 5.18. The SMILES string of the molecule is COc1ccc(CNc2ccc3c(c2)CCCN3C)cc1. The van der Waals surface area contributed by atoms with Gasteiger partial charge in [0.25, 0.3) is 0 Å². The molecule has 0 aliphatic carbocycles. The quantitative estimate of drug-likeness (QED) is 0.925. The number of aryl methyl sites for hydroxylation is 1. The molecule has 0 radical (unpaired) electrons. The summed E-state index contributed by atoms with van der Waals surface area (Å²) in [5.74, 6) is 0.899. The molecule has 0 saturated carbocycles. The molecule has 1 heterocycles. The lowest BCUT2D eigenvalue weighted by atomic mass is 10.0. The standard InChI is InChI=1S/C18H22N2O/c1-20-11-3-4-15-12-16(7-10-18(15)20)19-13-14-5-8-17(21-2)9-6-14/h5-10,12,19H,3-4,11,13H2,1-2H3. The topological polar surface area (TPSA) is 24.5 Å². The predicted molar refractivity (Wildman–Crippen MR) is 88.4 cm³/mol. The van der Waals surface area contributed by atoms with E-state index in [0.717, 1.165) is 18.8 Å². The molecule has 1 N–H and O–H groups in total. The van der Waals surface area contributed by atoms with Crippen molar-refractivity contribution in [1.82, 2.24) is 0 Å². The first-order chi connectivity index (χ1) is 10.3. The third kappa shape index (κ3) is 3.13. The number of nitrogens with zero attached hydrogens (tertiary/aromatic N) is 1. The number of methoxy groups -OCH3 is 1. The molecule has 0 saturated heterocycles. The van der Waals surface area contributed by atoms with Crippen LogP contribution in [0.3, 0.4) is 0 Å². The Kier molecular flexibility index (Phi) is 4.00. The lowest BCUT2D eigenvalue weighted by molar-refractivity contribution is 0.414. The van der Waals surface area contributed by atoms with Gasteiger partial charge in [0.15, 0.2) is 0 Å². The largest absolute Gasteiger partial charge is 0.497 e. The third-order valence-corrected chi connectivity index (χ3v) is 4.09. The van der Waals surface area contributed by atoms with Crippen LogP contribution in [0.1, 0.15) is 17.5 Å². The summed E-state index contributed by atoms with van der Waals surface area (Å²) in [6.45, 7) is 1.99. The van der Waals surface area contributed by atoms with E-state index >= 15 is 0 Å². The summed E-state index contributed by atoms with van der Waals surface area (Å²) >= 11 is 0. The maximum absolute atomic E-state index is 5.18. The predicted octanol–water partition coefficient (Wildman–Crippen LogP) is 3.69. The highest BCUT2D eigenvalue weighted by atomic mass is 16.5. The molecule has 0 fully saturated rings. The second kappa shape index (κ2) is 6.08. The molecule has 0 unspecified atom stereocenters. The fourth-order valence-corrected chi connectivity index (χ4v) is 2.84. The maximum Gasteiger partial charge on any atom is 0.118 e. The maximum atomic E-state index is 5.18. The molecule has 0 spiro atoms. The van der Waals surface area contributed by atoms with Crippen LogP contribution in [0, 0.1) is 0 Å². The number of rotatable bonds is 4. The van der Waals surface area contributed by atoms with Crippen LogP contribution in [0.4, 0.5) is 11.4 Å². The molecule has 21 heavy (non-hydrogen) atoms. The van der Waals surface area contributed by atoms with Crippen molar-refractivity contribution in [2.24, 2.45) is 0 Å². The van der Waals surface area contributed by atoms with Crippen LogP contribution in [0.25, 0.3) is 0 Å². The van der Waals surface area contributed by atoms with E-state index in [4.69, 9.17) is 4.74 Å². The number of fused-ring (bicyclic) bond motifs is 1. The molecular weight excluding hydrogens is 260 g/mol. The average Bonchev–Trinajstić information content (AvgIpc) is 2.53. The van der Waals surface area contributed by atoms with Gasteiger partial charge in [-0.05, 0) is 54.3 Å². The minimum atomic E-state index is 0.832. The molecule has 3 nitrogen and oxygen atoms in total. The van der Waals surface area contributed by atoms with Crippen LogP contribution < -0.4 is 15.0 Å². The molecule has 0 amide bonds. The zero-order valence-electron chi connectivity index (χ0n) is 12.7. The number of ether oxygens (including phenoxy) is 1. The first-order valence-corrected chi connectivity index (χ1v) is 7.47. The van der Waals surface area contributed by atoms with Crippen LogP contribution in [-0.2, 0) is 13.0 Å². The van der Waals surface area contributed by atoms with Gasteiger partial charge in [-0.15, -0.1) is 0 Å². The monoisotopic (exact) mass is 282 g/mol. The zero-order chi connectivity index (χ0) is 14.7. The summed E-state index contributed by atoms with van der Waals surface area (Å²) in [5, 5.41) is 3.50. The molecular formula is C18H22N2O. The smallest absolute Gasteiger partial charge is 0.118 e. The van der Waals surface area contributed by atoms with E-state index in [1.54, 1.807) is 7.11 Å². The van der Waals surface area contributed by atoms with Gasteiger partial charge in [0.1, 0.15) is 5.75 Å². The van der Waals surface area contributed by atoms with Crippen LogP contribution in [-0.4, -0.2) is 20.7 Å². The fourth-order valence-electron chi connectivity index (χ4n) is 2.84. The van der Waals surface area contributed by atoms with E-state index in [-0.39, 0.29) is 0 Å². The summed E-state index contributed by atoms with van der Waals surface area (Å²) in [4.78, 5) is 2.34. The normalized spacial score (nSPS) is 13.7. The van der Waals surface area contributed by atoms with E-state index < -0.39 is 0 Å². The van der Waals surface area contributed by atoms with Crippen molar-refractivity contribution in [3.05, 3.63) is 53.6 Å². The highest BCUT2D eigenvalue weighted by Gasteiger charge is 2.13. The Labute approximate surface area is 126 Å². The Morgan fingerprint density at radius 2 is 1.95 bits per heavy atom. The Morgan fingerprint density at radius 1 is 1.14 bits per heavy atom. The van der Waals surface area contributed by atoms with Crippen molar-refractivity contribution in [3.63, 3.8) is 0 Å². The van der Waals surface area contributed by atoms with Crippen molar-refractivity contribution in [1.29, 1.82) is 0 Å². The Hall–Kier alpha value is -2.16. The van der Waals surface area contributed by atoms with Crippen molar-refractivity contribution in [2.75, 3.05) is 30.9 Å². The van der Waals surface area contributed by atoms with Crippen molar-refractivity contribution >= 4 is 11.4 Å². The second-order valence-corrected chi connectivity index (χ2v) is 5.57. The van der Waals surface area contributed by atoms with Gasteiger partial charge in [0.2, 0.25) is 0 Å². The number of benzene rings is 2. The van der Waals surface area contributed by atoms with Gasteiger partial charge in [0.05, 0.1) is 7.11 Å². The number of anilines is 2. The van der Waals surface area contributed by atoms with Gasteiger partial charge in [-0.2, -0.15) is 0 Å². The molecule has 0 bridgehead atoms. The molecule has 110 valence electrons. The second-order valence-electron chi connectivity index (χ2n) is 5.57. The molecule has 2 aromatic carbocycles. The van der Waals surface area contributed by atoms with Gasteiger partial charge >= 0.3 is 0 Å². The van der Waals surface area contributed by atoms with Crippen LogP contribution in [0.15, 0.2) is 42.5 Å². The zero-order valence-corrected chi connectivity index (χ0v) is 12.7. The van der Waals surface area contributed by atoms with Gasteiger partial charge in [-0.25, -0.2) is 0 Å². The van der Waals surface area contributed by atoms with Crippen LogP contribution in [0.5, 0.6) is 5.75 Å². The number of hydrogen-bond acceptors (Lipinski definition) is 3. The first kappa shape index (κ1) is 13.8. The van der Waals surface area contributed by atoms with Gasteiger partial charge in [0, 0.05) is 31.5 Å². The van der Waals surface area contributed by atoms with Crippen molar-refractivity contribution < 1.29 is 4.74 Å². The summed E-state index contributed by atoms with van der Waals surface area (Å²) in [6.07, 6.45) is 2.42. The molecule has 0 atom stereocenters. The Balaban J connectivity index is 1.67. The number of hydrogen-bond donors (Lipinski definition) is 1. The molecule has 0 aromatic heterocycles. The summed E-state index contributed by atoms with van der Waals surface area (Å²) in [7, 11) is 3.86. The minimum absolute atomic E-state index is 0.832. The summed E-state index contributed by atoms with van der Waals surface area (Å²) in [5.41, 5.74) is 5.27. The highest BCUT2D eigenvalue weighted by Crippen LogP contribution is 2.28. The van der Waals surface area contributed by atoms with Crippen LogP contribution >= 0.6 is 0 Å². The first-order valence-electron chi connectivity index (χ1n) is 7.47. The van der Waals surface area contributed by atoms with E-state index in [9.17, 15) is 0 Å². The molecule has 1 aliphatic heterocycles. The lowest BCUT2D eigenvalue weighted by Crippen LogP contribution is -2.24. The molecule has 2 aromatic rings. The molecule has 1 aliphatic rings. The highest BCUT2D eigenvalue weighted by molar-refractivity contribution is 5.62. The Bertz CT molecular complexity index is 607. The number of nitrogens with one attached hydrogen (secondary N) is 1. The lowest BCUT2D eigenvalue weighted by Gasteiger charge is -2.28. The van der Waals surface area contributed by atoms with Gasteiger partial charge < -0.3 is 15.0 Å². The summed E-state index contributed by atoms with van der Waals surface area (Å²) in [6, 6.07) is 14.9. The van der Waals surface area contributed by atoms with Crippen molar-refractivity contribution in [3.8, 4) is 5.75 Å². The fraction of sp³-hybridized carbons (Fsp3) is 0.333. The van der Waals surface area contributed by atoms with E-state index in [1.165, 1.54) is 35.3 Å².